The minimum atomic E-state index is -0.508. The summed E-state index contributed by atoms with van der Waals surface area (Å²) in [6.45, 7) is 16.4. The minimum absolute atomic E-state index is 0.0155. The molecule has 2 atom stereocenters. The van der Waals surface area contributed by atoms with Crippen LogP contribution >= 0.6 is 0 Å². The number of rotatable bonds is 3. The molecule has 24 heavy (non-hydrogen) atoms. The summed E-state index contributed by atoms with van der Waals surface area (Å²) in [5, 5.41) is 2.93. The van der Waals surface area contributed by atoms with Gasteiger partial charge in [0.05, 0.1) is 0 Å². The van der Waals surface area contributed by atoms with Gasteiger partial charge in [0.1, 0.15) is 5.60 Å². The van der Waals surface area contributed by atoms with E-state index in [-0.39, 0.29) is 23.3 Å². The average molecular weight is 339 g/mol. The summed E-state index contributed by atoms with van der Waals surface area (Å²) in [4.78, 5) is 29.1. The van der Waals surface area contributed by atoms with Gasteiger partial charge >= 0.3 is 6.09 Å². The van der Waals surface area contributed by atoms with Crippen molar-refractivity contribution in [1.29, 1.82) is 0 Å². The second-order valence-electron chi connectivity index (χ2n) is 8.57. The predicted molar refractivity (Wildman–Crippen MR) is 93.7 cm³/mol. The number of ether oxygens (including phenoxy) is 1. The Bertz CT molecular complexity index is 476. The standard InChI is InChI=1S/C18H33N3O3/c1-7-20-8-10-21(11-9-20)15(22)13-12-14(18(13,5)6)19-16(23)24-17(2,3)4/h13-14H,7-12H2,1-6H3,(H,19,23)/t13-,14-/m1/s1. The molecular formula is C18H33N3O3. The van der Waals surface area contributed by atoms with Gasteiger partial charge < -0.3 is 19.9 Å². The first-order chi connectivity index (χ1) is 11.0. The maximum Gasteiger partial charge on any atom is 0.407 e. The van der Waals surface area contributed by atoms with Crippen LogP contribution in [0.25, 0.3) is 0 Å². The number of nitrogens with one attached hydrogen (secondary N) is 1. The van der Waals surface area contributed by atoms with Crippen molar-refractivity contribution >= 4 is 12.0 Å². The molecule has 2 fully saturated rings. The van der Waals surface area contributed by atoms with Gasteiger partial charge in [-0.3, -0.25) is 4.79 Å². The molecule has 0 aromatic heterocycles. The van der Waals surface area contributed by atoms with Gasteiger partial charge in [0.2, 0.25) is 5.91 Å². The van der Waals surface area contributed by atoms with Crippen molar-refractivity contribution in [3.05, 3.63) is 0 Å². The summed E-state index contributed by atoms with van der Waals surface area (Å²) in [6, 6.07) is -0.0155. The first-order valence-electron chi connectivity index (χ1n) is 9.05. The molecule has 1 heterocycles. The third-order valence-electron chi connectivity index (χ3n) is 5.39. The van der Waals surface area contributed by atoms with E-state index in [0.717, 1.165) is 32.7 Å². The summed E-state index contributed by atoms with van der Waals surface area (Å²) < 4.78 is 5.32. The molecule has 6 nitrogen and oxygen atoms in total. The zero-order valence-electron chi connectivity index (χ0n) is 16.0. The molecule has 1 aliphatic carbocycles. The van der Waals surface area contributed by atoms with Crippen LogP contribution in [-0.4, -0.2) is 66.2 Å². The van der Waals surface area contributed by atoms with E-state index in [1.54, 1.807) is 0 Å². The monoisotopic (exact) mass is 339 g/mol. The van der Waals surface area contributed by atoms with E-state index >= 15 is 0 Å². The highest BCUT2D eigenvalue weighted by Gasteiger charge is 2.53. The van der Waals surface area contributed by atoms with Gasteiger partial charge in [-0.15, -0.1) is 0 Å². The lowest BCUT2D eigenvalue weighted by atomic mass is 9.58. The van der Waals surface area contributed by atoms with Crippen LogP contribution in [0.5, 0.6) is 0 Å². The highest BCUT2D eigenvalue weighted by atomic mass is 16.6. The van der Waals surface area contributed by atoms with Crippen LogP contribution in [0.3, 0.4) is 0 Å². The largest absolute Gasteiger partial charge is 0.444 e. The molecule has 0 radical (unpaired) electrons. The Morgan fingerprint density at radius 2 is 1.75 bits per heavy atom. The van der Waals surface area contributed by atoms with Crippen LogP contribution in [0, 0.1) is 11.3 Å². The number of carbonyl (C=O) groups is 2. The van der Waals surface area contributed by atoms with Gasteiger partial charge in [0.25, 0.3) is 0 Å². The van der Waals surface area contributed by atoms with Crippen molar-refractivity contribution in [2.75, 3.05) is 32.7 Å². The van der Waals surface area contributed by atoms with Crippen molar-refractivity contribution in [2.24, 2.45) is 11.3 Å². The Labute approximate surface area is 145 Å². The number of hydrogen-bond acceptors (Lipinski definition) is 4. The number of nitrogens with zero attached hydrogens (tertiary/aromatic N) is 2. The van der Waals surface area contributed by atoms with Gasteiger partial charge in [-0.1, -0.05) is 20.8 Å². The molecular weight excluding hydrogens is 306 g/mol. The second-order valence-corrected chi connectivity index (χ2v) is 8.57. The molecule has 1 saturated heterocycles. The molecule has 6 heteroatoms. The molecule has 0 spiro atoms. The number of piperazine rings is 1. The van der Waals surface area contributed by atoms with Gasteiger partial charge in [-0.25, -0.2) is 4.79 Å². The van der Waals surface area contributed by atoms with Gasteiger partial charge in [0.15, 0.2) is 0 Å². The Hall–Kier alpha value is -1.30. The van der Waals surface area contributed by atoms with E-state index in [9.17, 15) is 9.59 Å². The lowest BCUT2D eigenvalue weighted by Gasteiger charge is -2.52. The molecule has 2 rings (SSSR count). The smallest absolute Gasteiger partial charge is 0.407 e. The molecule has 0 aromatic carbocycles. The zero-order chi connectivity index (χ0) is 18.1. The Morgan fingerprint density at radius 1 is 1.17 bits per heavy atom. The summed E-state index contributed by atoms with van der Waals surface area (Å²) in [6.07, 6.45) is 0.294. The van der Waals surface area contributed by atoms with E-state index in [1.807, 2.05) is 25.7 Å². The SMILES string of the molecule is CCN1CCN(C(=O)[C@H]2C[C@@H](NC(=O)OC(C)(C)C)C2(C)C)CC1. The topological polar surface area (TPSA) is 61.9 Å². The van der Waals surface area contributed by atoms with Gasteiger partial charge in [0, 0.05) is 38.1 Å². The molecule has 1 saturated carbocycles. The van der Waals surface area contributed by atoms with Crippen molar-refractivity contribution < 1.29 is 14.3 Å². The Morgan fingerprint density at radius 3 is 2.21 bits per heavy atom. The maximum absolute atomic E-state index is 12.8. The molecule has 0 aromatic rings. The van der Waals surface area contributed by atoms with E-state index in [0.29, 0.717) is 6.42 Å². The third-order valence-corrected chi connectivity index (χ3v) is 5.39. The molecule has 138 valence electrons. The number of hydrogen-bond donors (Lipinski definition) is 1. The summed E-state index contributed by atoms with van der Waals surface area (Å²) in [7, 11) is 0. The normalized spacial score (nSPS) is 27.3. The fraction of sp³-hybridized carbons (Fsp3) is 0.889. The number of likely N-dealkylation sites (N-methyl/N-ethyl adjacent to an activating group) is 1. The van der Waals surface area contributed by atoms with Crippen LogP contribution in [0.1, 0.15) is 48.0 Å². The highest BCUT2D eigenvalue weighted by Crippen LogP contribution is 2.47. The van der Waals surface area contributed by atoms with Crippen LogP contribution in [0.2, 0.25) is 0 Å². The van der Waals surface area contributed by atoms with E-state index < -0.39 is 11.7 Å². The molecule has 0 bridgehead atoms. The quantitative estimate of drug-likeness (QED) is 0.855. The molecule has 2 amide bonds. The van der Waals surface area contributed by atoms with Crippen LogP contribution in [0.4, 0.5) is 4.79 Å². The van der Waals surface area contributed by atoms with Crippen LogP contribution in [-0.2, 0) is 9.53 Å². The number of alkyl carbamates (subject to hydrolysis) is 1. The minimum Gasteiger partial charge on any atom is -0.444 e. The zero-order valence-corrected chi connectivity index (χ0v) is 16.0. The molecule has 0 unspecified atom stereocenters. The van der Waals surface area contributed by atoms with E-state index in [2.05, 4.69) is 31.0 Å². The maximum atomic E-state index is 12.8. The van der Waals surface area contributed by atoms with E-state index in [4.69, 9.17) is 4.74 Å². The number of carbonyl (C=O) groups excluding carboxylic acids is 2. The van der Waals surface area contributed by atoms with Crippen LogP contribution < -0.4 is 5.32 Å². The van der Waals surface area contributed by atoms with Crippen molar-refractivity contribution in [1.82, 2.24) is 15.1 Å². The van der Waals surface area contributed by atoms with Crippen LogP contribution in [0.15, 0.2) is 0 Å². The van der Waals surface area contributed by atoms with Crippen molar-refractivity contribution in [3.63, 3.8) is 0 Å². The third kappa shape index (κ3) is 4.21. The first-order valence-corrected chi connectivity index (χ1v) is 9.05. The van der Waals surface area contributed by atoms with Crippen molar-refractivity contribution in [3.8, 4) is 0 Å². The van der Waals surface area contributed by atoms with Crippen molar-refractivity contribution in [2.45, 2.75) is 59.6 Å². The average Bonchev–Trinajstić information content (AvgIpc) is 2.49. The summed E-state index contributed by atoms with van der Waals surface area (Å²) >= 11 is 0. The predicted octanol–water partition coefficient (Wildman–Crippen LogP) is 2.09. The fourth-order valence-corrected chi connectivity index (χ4v) is 3.54. The number of amides is 2. The lowest BCUT2D eigenvalue weighted by Crippen LogP contribution is -2.64. The van der Waals surface area contributed by atoms with E-state index in [1.165, 1.54) is 0 Å². The highest BCUT2D eigenvalue weighted by molar-refractivity contribution is 5.81. The second kappa shape index (κ2) is 6.90. The fourth-order valence-electron chi connectivity index (χ4n) is 3.54. The molecule has 1 aliphatic heterocycles. The molecule has 2 aliphatic rings. The summed E-state index contributed by atoms with van der Waals surface area (Å²) in [5.74, 6) is 0.212. The summed E-state index contributed by atoms with van der Waals surface area (Å²) in [5.41, 5.74) is -0.748. The lowest BCUT2D eigenvalue weighted by molar-refractivity contribution is -0.150. The first kappa shape index (κ1) is 19.0. The van der Waals surface area contributed by atoms with Gasteiger partial charge in [-0.2, -0.15) is 0 Å². The molecule has 1 N–H and O–H groups in total. The Kier molecular flexibility index (Phi) is 5.47. The Balaban J connectivity index is 1.87. The van der Waals surface area contributed by atoms with Gasteiger partial charge in [-0.05, 0) is 39.2 Å².